The molecule has 4 aromatic rings. The Morgan fingerprint density at radius 1 is 0.919 bits per heavy atom. The molecule has 3 heterocycles. The first-order chi connectivity index (χ1) is 17.9. The van der Waals surface area contributed by atoms with Crippen molar-refractivity contribution in [3.8, 4) is 0 Å². The molecule has 6 nitrogen and oxygen atoms in total. The number of aromatic nitrogens is 1. The van der Waals surface area contributed by atoms with Crippen molar-refractivity contribution in [2.24, 2.45) is 0 Å². The van der Waals surface area contributed by atoms with E-state index < -0.39 is 12.1 Å². The third-order valence-corrected chi connectivity index (χ3v) is 7.84. The molecule has 2 N–H and O–H groups in total. The second kappa shape index (κ2) is 9.20. The highest BCUT2D eigenvalue weighted by atomic mass is 16.3. The van der Waals surface area contributed by atoms with Gasteiger partial charge in [0.2, 0.25) is 11.8 Å². The van der Waals surface area contributed by atoms with Crippen molar-refractivity contribution in [2.45, 2.75) is 44.4 Å². The van der Waals surface area contributed by atoms with Crippen LogP contribution in [0.2, 0.25) is 0 Å². The number of aliphatic hydroxyl groups is 1. The normalized spacial score (nSPS) is 20.3. The molecule has 0 spiro atoms. The number of hydrogen-bond acceptors (Lipinski definition) is 3. The number of benzene rings is 3. The first-order valence-electron chi connectivity index (χ1n) is 12.9. The van der Waals surface area contributed by atoms with Gasteiger partial charge in [-0.25, -0.2) is 0 Å². The molecule has 188 valence electrons. The molecule has 1 aromatic heterocycles. The number of aromatic amines is 1. The van der Waals surface area contributed by atoms with Crippen molar-refractivity contribution in [2.75, 3.05) is 13.1 Å². The Kier molecular flexibility index (Phi) is 5.84. The minimum absolute atomic E-state index is 0.0463. The standard InChI is InChI=1S/C31H31N3O3/c1-19(2)20-12-14-22(15-13-20)30-29-24(23-10-6-7-11-25(23)32-29)16-26-31(37)33(18-28(36)34(26)30)17-27(35)21-8-4-3-5-9-21/h3-15,19,26-27,30,32,35H,16-18H2,1-2H3/t26-,27?,30?/m1/s1. The third kappa shape index (κ3) is 4.02. The van der Waals surface area contributed by atoms with Crippen LogP contribution in [0.5, 0.6) is 0 Å². The van der Waals surface area contributed by atoms with Gasteiger partial charge in [0.15, 0.2) is 0 Å². The number of carbonyl (C=O) groups is 2. The predicted octanol–water partition coefficient (Wildman–Crippen LogP) is 4.71. The van der Waals surface area contributed by atoms with E-state index in [-0.39, 0.29) is 30.9 Å². The second-order valence-electron chi connectivity index (χ2n) is 10.5. The summed E-state index contributed by atoms with van der Waals surface area (Å²) in [7, 11) is 0. The zero-order chi connectivity index (χ0) is 25.7. The Balaban J connectivity index is 1.40. The smallest absolute Gasteiger partial charge is 0.246 e. The van der Waals surface area contributed by atoms with E-state index >= 15 is 0 Å². The van der Waals surface area contributed by atoms with E-state index in [1.165, 1.54) is 10.5 Å². The van der Waals surface area contributed by atoms with Crippen molar-refractivity contribution in [3.63, 3.8) is 0 Å². The van der Waals surface area contributed by atoms with Crippen molar-refractivity contribution in [1.82, 2.24) is 14.8 Å². The van der Waals surface area contributed by atoms with E-state index in [1.807, 2.05) is 48.5 Å². The van der Waals surface area contributed by atoms with Gasteiger partial charge in [-0.1, -0.05) is 86.6 Å². The quantitative estimate of drug-likeness (QED) is 0.423. The molecule has 0 aliphatic carbocycles. The fourth-order valence-electron chi connectivity index (χ4n) is 5.88. The van der Waals surface area contributed by atoms with E-state index in [2.05, 4.69) is 49.2 Å². The number of amides is 2. The maximum absolute atomic E-state index is 13.9. The molecule has 3 atom stereocenters. The SMILES string of the molecule is CC(C)c1ccc(C2c3[nH]c4ccccc4c3C[C@@H]3C(=O)N(CC(O)c4ccccc4)CC(=O)N23)cc1. The number of nitrogens with zero attached hydrogens (tertiary/aromatic N) is 2. The van der Waals surface area contributed by atoms with Gasteiger partial charge in [-0.3, -0.25) is 9.59 Å². The Morgan fingerprint density at radius 3 is 2.35 bits per heavy atom. The molecule has 0 saturated carbocycles. The van der Waals surface area contributed by atoms with Crippen molar-refractivity contribution in [3.05, 3.63) is 107 Å². The van der Waals surface area contributed by atoms with Gasteiger partial charge in [-0.15, -0.1) is 0 Å². The molecule has 1 saturated heterocycles. The molecule has 0 radical (unpaired) electrons. The first-order valence-corrected chi connectivity index (χ1v) is 12.9. The first kappa shape index (κ1) is 23.5. The predicted molar refractivity (Wildman–Crippen MR) is 143 cm³/mol. The summed E-state index contributed by atoms with van der Waals surface area (Å²) in [5.41, 5.74) is 6.02. The molecule has 3 aromatic carbocycles. The van der Waals surface area contributed by atoms with Gasteiger partial charge in [0.1, 0.15) is 6.04 Å². The van der Waals surface area contributed by atoms with Gasteiger partial charge in [0.25, 0.3) is 0 Å². The maximum atomic E-state index is 13.9. The highest BCUT2D eigenvalue weighted by Gasteiger charge is 2.48. The lowest BCUT2D eigenvalue weighted by Gasteiger charge is -2.47. The van der Waals surface area contributed by atoms with E-state index in [0.29, 0.717) is 12.3 Å². The maximum Gasteiger partial charge on any atom is 0.246 e. The van der Waals surface area contributed by atoms with Crippen LogP contribution >= 0.6 is 0 Å². The minimum Gasteiger partial charge on any atom is -0.387 e. The molecule has 2 unspecified atom stereocenters. The number of fused-ring (bicyclic) bond motifs is 4. The molecule has 1 fully saturated rings. The van der Waals surface area contributed by atoms with Crippen LogP contribution < -0.4 is 0 Å². The number of carbonyl (C=O) groups excluding carboxylic acids is 2. The van der Waals surface area contributed by atoms with Crippen LogP contribution in [-0.4, -0.2) is 50.8 Å². The summed E-state index contributed by atoms with van der Waals surface area (Å²) in [4.78, 5) is 34.5. The molecule has 6 rings (SSSR count). The van der Waals surface area contributed by atoms with Gasteiger partial charge in [-0.05, 0) is 34.2 Å². The van der Waals surface area contributed by atoms with Crippen LogP contribution in [0.3, 0.4) is 0 Å². The topological polar surface area (TPSA) is 76.6 Å². The number of aliphatic hydroxyl groups excluding tert-OH is 1. The van der Waals surface area contributed by atoms with Gasteiger partial charge < -0.3 is 19.9 Å². The Hall–Kier alpha value is -3.90. The second-order valence-corrected chi connectivity index (χ2v) is 10.5. The van der Waals surface area contributed by atoms with Gasteiger partial charge in [0.05, 0.1) is 25.2 Å². The lowest BCUT2D eigenvalue weighted by Crippen LogP contribution is -2.63. The molecule has 2 aliphatic rings. The average Bonchev–Trinajstić information content (AvgIpc) is 3.29. The highest BCUT2D eigenvalue weighted by molar-refractivity contribution is 5.97. The molecular weight excluding hydrogens is 462 g/mol. The number of β-amino-alcohol motifs (C(OH)–C–C–N with tert-alkyl or cyclic N) is 1. The van der Waals surface area contributed by atoms with E-state index in [1.54, 1.807) is 4.90 Å². The van der Waals surface area contributed by atoms with Crippen LogP contribution in [0.1, 0.15) is 59.9 Å². The molecule has 2 aliphatic heterocycles. The van der Waals surface area contributed by atoms with Crippen LogP contribution in [0.4, 0.5) is 0 Å². The summed E-state index contributed by atoms with van der Waals surface area (Å²) in [6.07, 6.45) is -0.404. The van der Waals surface area contributed by atoms with E-state index in [0.717, 1.165) is 33.3 Å². The number of rotatable bonds is 5. The van der Waals surface area contributed by atoms with Crippen LogP contribution in [0.25, 0.3) is 10.9 Å². The number of nitrogens with one attached hydrogen (secondary N) is 1. The summed E-state index contributed by atoms with van der Waals surface area (Å²) < 4.78 is 0. The molecule has 37 heavy (non-hydrogen) atoms. The van der Waals surface area contributed by atoms with Crippen LogP contribution in [-0.2, 0) is 16.0 Å². The van der Waals surface area contributed by atoms with Crippen molar-refractivity contribution in [1.29, 1.82) is 0 Å². The average molecular weight is 494 g/mol. The monoisotopic (exact) mass is 493 g/mol. The molecular formula is C31H31N3O3. The van der Waals surface area contributed by atoms with Crippen molar-refractivity contribution >= 4 is 22.7 Å². The molecule has 0 bridgehead atoms. The summed E-state index contributed by atoms with van der Waals surface area (Å²) in [6, 6.07) is 24.8. The van der Waals surface area contributed by atoms with Gasteiger partial charge >= 0.3 is 0 Å². The number of H-pyrrole nitrogens is 1. The molecule has 2 amide bonds. The van der Waals surface area contributed by atoms with Crippen LogP contribution in [0.15, 0.2) is 78.9 Å². The fourth-order valence-corrected chi connectivity index (χ4v) is 5.88. The fraction of sp³-hybridized carbons (Fsp3) is 0.290. The Morgan fingerprint density at radius 2 is 1.62 bits per heavy atom. The summed E-state index contributed by atoms with van der Waals surface area (Å²) >= 11 is 0. The lowest BCUT2D eigenvalue weighted by molar-refractivity contribution is -0.159. The summed E-state index contributed by atoms with van der Waals surface area (Å²) in [6.45, 7) is 4.36. The number of piperazine rings is 1. The van der Waals surface area contributed by atoms with Crippen molar-refractivity contribution < 1.29 is 14.7 Å². The van der Waals surface area contributed by atoms with Gasteiger partial charge in [-0.2, -0.15) is 0 Å². The third-order valence-electron chi connectivity index (χ3n) is 7.84. The minimum atomic E-state index is -0.851. The van der Waals surface area contributed by atoms with E-state index in [4.69, 9.17) is 0 Å². The largest absolute Gasteiger partial charge is 0.387 e. The van der Waals surface area contributed by atoms with E-state index in [9.17, 15) is 14.7 Å². The zero-order valence-corrected chi connectivity index (χ0v) is 21.1. The van der Waals surface area contributed by atoms with Crippen LogP contribution in [0, 0.1) is 0 Å². The van der Waals surface area contributed by atoms with Gasteiger partial charge in [0, 0.05) is 23.0 Å². The number of hydrogen-bond donors (Lipinski definition) is 2. The highest BCUT2D eigenvalue weighted by Crippen LogP contribution is 2.42. The Bertz CT molecular complexity index is 1460. The summed E-state index contributed by atoms with van der Waals surface area (Å²) in [5.74, 6) is 0.181. The number of para-hydroxylation sites is 1. The lowest BCUT2D eigenvalue weighted by atomic mass is 9.85. The summed E-state index contributed by atoms with van der Waals surface area (Å²) in [5, 5.41) is 11.9. The zero-order valence-electron chi connectivity index (χ0n) is 21.1. The molecule has 6 heteroatoms. The Labute approximate surface area is 216 Å².